The summed E-state index contributed by atoms with van der Waals surface area (Å²) in [5.74, 6) is -0.598. The Labute approximate surface area is 123 Å². The van der Waals surface area contributed by atoms with Gasteiger partial charge in [0.15, 0.2) is 0 Å². The van der Waals surface area contributed by atoms with E-state index in [1.807, 2.05) is 0 Å². The quantitative estimate of drug-likeness (QED) is 0.485. The molecule has 1 rings (SSSR count). The summed E-state index contributed by atoms with van der Waals surface area (Å²) < 4.78 is 4.93. The third-order valence-electron chi connectivity index (χ3n) is 2.30. The van der Waals surface area contributed by atoms with Crippen molar-refractivity contribution in [2.24, 2.45) is 0 Å². The van der Waals surface area contributed by atoms with Crippen LogP contribution in [0, 0.1) is 10.1 Å². The van der Waals surface area contributed by atoms with E-state index in [2.05, 4.69) is 21.2 Å². The monoisotopic (exact) mass is 350 g/mol. The zero-order valence-electron chi connectivity index (χ0n) is 10.1. The molecule has 1 atom stereocenters. The van der Waals surface area contributed by atoms with E-state index in [-0.39, 0.29) is 28.9 Å². The van der Waals surface area contributed by atoms with Crippen LogP contribution in [0.4, 0.5) is 5.69 Å². The van der Waals surface area contributed by atoms with Crippen molar-refractivity contribution in [2.45, 2.75) is 6.04 Å². The summed E-state index contributed by atoms with van der Waals surface area (Å²) >= 11 is 9.09. The molecule has 0 aliphatic carbocycles. The van der Waals surface area contributed by atoms with Gasteiger partial charge in [-0.05, 0) is 6.07 Å². The van der Waals surface area contributed by atoms with Gasteiger partial charge < -0.3 is 10.1 Å². The number of nitrogens with zero attached hydrogens (tertiary/aromatic N) is 1. The lowest BCUT2D eigenvalue weighted by atomic mass is 10.1. The third-order valence-corrected chi connectivity index (χ3v) is 3.40. The Morgan fingerprint density at radius 1 is 1.63 bits per heavy atom. The maximum absolute atomic E-state index is 12.1. The van der Waals surface area contributed by atoms with Crippen molar-refractivity contribution in [1.82, 2.24) is 5.32 Å². The van der Waals surface area contributed by atoms with E-state index in [1.54, 1.807) is 0 Å². The maximum atomic E-state index is 12.1. The number of hydrogen-bond acceptors (Lipinski definition) is 4. The molecule has 0 saturated heterocycles. The Bertz CT molecular complexity index is 484. The largest absolute Gasteiger partial charge is 0.383 e. The van der Waals surface area contributed by atoms with E-state index in [0.29, 0.717) is 5.33 Å². The molecule has 1 N–H and O–H groups in total. The van der Waals surface area contributed by atoms with Crippen LogP contribution in [0.25, 0.3) is 0 Å². The second kappa shape index (κ2) is 7.42. The maximum Gasteiger partial charge on any atom is 0.283 e. The molecule has 0 heterocycles. The van der Waals surface area contributed by atoms with Crippen LogP contribution in [0.2, 0.25) is 5.02 Å². The summed E-state index contributed by atoms with van der Waals surface area (Å²) in [7, 11) is 1.50. The van der Waals surface area contributed by atoms with Crippen molar-refractivity contribution < 1.29 is 14.5 Å². The Balaban J connectivity index is 3.02. The van der Waals surface area contributed by atoms with Crippen LogP contribution >= 0.6 is 27.5 Å². The summed E-state index contributed by atoms with van der Waals surface area (Å²) in [5.41, 5.74) is -0.466. The van der Waals surface area contributed by atoms with E-state index < -0.39 is 10.8 Å². The van der Waals surface area contributed by atoms with Gasteiger partial charge in [-0.2, -0.15) is 0 Å². The molecule has 8 heteroatoms. The van der Waals surface area contributed by atoms with Crippen LogP contribution in [0.5, 0.6) is 0 Å². The number of methoxy groups -OCH3 is 1. The molecule has 6 nitrogen and oxygen atoms in total. The summed E-state index contributed by atoms with van der Waals surface area (Å²) in [5, 5.41) is 14.0. The number of hydrogen-bond donors (Lipinski definition) is 1. The number of rotatable bonds is 6. The van der Waals surface area contributed by atoms with Crippen molar-refractivity contribution in [2.75, 3.05) is 19.0 Å². The minimum absolute atomic E-state index is 0.0393. The second-order valence-corrected chi connectivity index (χ2v) is 4.73. The highest BCUT2D eigenvalue weighted by molar-refractivity contribution is 9.09. The van der Waals surface area contributed by atoms with Gasteiger partial charge >= 0.3 is 0 Å². The third kappa shape index (κ3) is 4.15. The summed E-state index contributed by atoms with van der Waals surface area (Å²) in [6.07, 6.45) is 0. The van der Waals surface area contributed by atoms with Crippen LogP contribution in [-0.2, 0) is 4.74 Å². The van der Waals surface area contributed by atoms with E-state index in [4.69, 9.17) is 16.3 Å². The molecule has 1 unspecified atom stereocenters. The number of halogens is 2. The lowest BCUT2D eigenvalue weighted by Gasteiger charge is -2.15. The van der Waals surface area contributed by atoms with E-state index in [1.165, 1.54) is 25.3 Å². The molecule has 0 spiro atoms. The Morgan fingerprint density at radius 3 is 2.84 bits per heavy atom. The van der Waals surface area contributed by atoms with Crippen LogP contribution in [-0.4, -0.2) is 35.9 Å². The Morgan fingerprint density at radius 2 is 2.32 bits per heavy atom. The molecule has 1 amide bonds. The molecule has 104 valence electrons. The normalized spacial score (nSPS) is 11.9. The predicted molar refractivity (Wildman–Crippen MR) is 75.0 cm³/mol. The smallest absolute Gasteiger partial charge is 0.283 e. The van der Waals surface area contributed by atoms with Crippen LogP contribution < -0.4 is 5.32 Å². The van der Waals surface area contributed by atoms with Gasteiger partial charge in [0.25, 0.3) is 11.6 Å². The zero-order valence-corrected chi connectivity index (χ0v) is 12.4. The van der Waals surface area contributed by atoms with E-state index in [9.17, 15) is 14.9 Å². The number of benzene rings is 1. The molecular formula is C11H12BrClN2O4. The number of amides is 1. The second-order valence-electron chi connectivity index (χ2n) is 3.67. The van der Waals surface area contributed by atoms with Gasteiger partial charge in [-0.1, -0.05) is 33.6 Å². The lowest BCUT2D eigenvalue weighted by Crippen LogP contribution is -2.39. The first-order valence-electron chi connectivity index (χ1n) is 5.30. The molecule has 19 heavy (non-hydrogen) atoms. The predicted octanol–water partition coefficient (Wildman–Crippen LogP) is 2.39. The summed E-state index contributed by atoms with van der Waals surface area (Å²) in [4.78, 5) is 22.3. The van der Waals surface area contributed by atoms with Gasteiger partial charge in [-0.3, -0.25) is 14.9 Å². The number of nitrogens with one attached hydrogen (secondary N) is 1. The average molecular weight is 352 g/mol. The van der Waals surface area contributed by atoms with Crippen molar-refractivity contribution in [3.05, 3.63) is 38.9 Å². The fraction of sp³-hybridized carbons (Fsp3) is 0.364. The molecule has 1 aromatic rings. The van der Waals surface area contributed by atoms with Crippen molar-refractivity contribution in [1.29, 1.82) is 0 Å². The van der Waals surface area contributed by atoms with Gasteiger partial charge in [-0.25, -0.2) is 0 Å². The minimum Gasteiger partial charge on any atom is -0.383 e. The first-order valence-corrected chi connectivity index (χ1v) is 6.79. The molecule has 0 aromatic heterocycles. The fourth-order valence-corrected chi connectivity index (χ4v) is 2.08. The highest BCUT2D eigenvalue weighted by Crippen LogP contribution is 2.26. The van der Waals surface area contributed by atoms with Crippen LogP contribution in [0.3, 0.4) is 0 Å². The molecule has 0 aliphatic heterocycles. The lowest BCUT2D eigenvalue weighted by molar-refractivity contribution is -0.385. The molecule has 0 radical (unpaired) electrons. The molecule has 1 aromatic carbocycles. The topological polar surface area (TPSA) is 81.5 Å². The summed E-state index contributed by atoms with van der Waals surface area (Å²) in [6, 6.07) is 3.80. The van der Waals surface area contributed by atoms with Crippen LogP contribution in [0.1, 0.15) is 10.4 Å². The standard InChI is InChI=1S/C11H12BrClN2O4/c1-19-6-7(5-12)14-11(16)10-8(13)3-2-4-9(10)15(17)18/h2-4,7H,5-6H2,1H3,(H,14,16). The van der Waals surface area contributed by atoms with Gasteiger partial charge in [0.05, 0.1) is 22.6 Å². The van der Waals surface area contributed by atoms with Gasteiger partial charge in [0.2, 0.25) is 0 Å². The highest BCUT2D eigenvalue weighted by atomic mass is 79.9. The Kier molecular flexibility index (Phi) is 6.20. The molecular weight excluding hydrogens is 339 g/mol. The number of carbonyl (C=O) groups is 1. The van der Waals surface area contributed by atoms with E-state index >= 15 is 0 Å². The highest BCUT2D eigenvalue weighted by Gasteiger charge is 2.24. The SMILES string of the molecule is COCC(CBr)NC(=O)c1c(Cl)cccc1[N+](=O)[O-]. The minimum atomic E-state index is -0.639. The number of alkyl halides is 1. The van der Waals surface area contributed by atoms with Crippen LogP contribution in [0.15, 0.2) is 18.2 Å². The molecule has 0 saturated carbocycles. The average Bonchev–Trinajstić information content (AvgIpc) is 2.37. The van der Waals surface area contributed by atoms with Gasteiger partial charge in [0, 0.05) is 18.5 Å². The molecule has 0 aliphatic rings. The van der Waals surface area contributed by atoms with Crippen molar-refractivity contribution >= 4 is 39.1 Å². The number of ether oxygens (including phenoxy) is 1. The van der Waals surface area contributed by atoms with Crippen molar-refractivity contribution in [3.63, 3.8) is 0 Å². The molecule has 0 bridgehead atoms. The first-order chi connectivity index (χ1) is 9.01. The van der Waals surface area contributed by atoms with Crippen molar-refractivity contribution in [3.8, 4) is 0 Å². The number of nitro groups is 1. The number of nitro benzene ring substituents is 1. The Hall–Kier alpha value is -1.18. The first kappa shape index (κ1) is 15.9. The van der Waals surface area contributed by atoms with Gasteiger partial charge in [-0.15, -0.1) is 0 Å². The summed E-state index contributed by atoms with van der Waals surface area (Å²) in [6.45, 7) is 0.287. The van der Waals surface area contributed by atoms with Gasteiger partial charge in [0.1, 0.15) is 5.56 Å². The van der Waals surface area contributed by atoms with E-state index in [0.717, 1.165) is 0 Å². The molecule has 0 fully saturated rings. The number of carbonyl (C=O) groups excluding carboxylic acids is 1. The fourth-order valence-electron chi connectivity index (χ4n) is 1.47. The zero-order chi connectivity index (χ0) is 14.4.